The van der Waals surface area contributed by atoms with Crippen molar-refractivity contribution < 1.29 is 58.3 Å². The fourth-order valence-electron chi connectivity index (χ4n) is 9.04. The molecule has 0 radical (unpaired) electrons. The number of aliphatic hydroxyl groups is 5. The highest BCUT2D eigenvalue weighted by molar-refractivity contribution is 7.47. The van der Waals surface area contributed by atoms with Crippen molar-refractivity contribution in [3.63, 3.8) is 0 Å². The van der Waals surface area contributed by atoms with Gasteiger partial charge in [0.15, 0.2) is 0 Å². The molecule has 13 heteroatoms. The highest BCUT2D eigenvalue weighted by atomic mass is 31.2. The number of hydrogen-bond donors (Lipinski definition) is 6. The quantitative estimate of drug-likeness (QED) is 0.0146. The van der Waals surface area contributed by atoms with E-state index in [9.17, 15) is 39.8 Å². The number of unbranched alkanes of at least 4 members (excludes halogenated alkanes) is 34. The second-order valence-corrected chi connectivity index (χ2v) is 21.6. The summed E-state index contributed by atoms with van der Waals surface area (Å²) in [6.45, 7) is 4.30. The molecule has 1 aliphatic rings. The Morgan fingerprint density at radius 3 is 1.22 bits per heavy atom. The first-order chi connectivity index (χ1) is 33.5. The Morgan fingerprint density at radius 1 is 0.464 bits per heavy atom. The topological polar surface area (TPSA) is 192 Å². The highest BCUT2D eigenvalue weighted by Gasteiger charge is 2.51. The van der Waals surface area contributed by atoms with Crippen molar-refractivity contribution in [2.45, 2.75) is 307 Å². The van der Waals surface area contributed by atoms with Crippen LogP contribution in [0, 0.1) is 0 Å². The predicted octanol–water partition coefficient (Wildman–Crippen LogP) is 13.6. The lowest BCUT2D eigenvalue weighted by Gasteiger charge is -2.41. The molecule has 69 heavy (non-hydrogen) atoms. The number of hydrogen-bond acceptors (Lipinski definition) is 11. The molecule has 1 fully saturated rings. The van der Waals surface area contributed by atoms with Crippen molar-refractivity contribution in [2.75, 3.05) is 19.8 Å². The van der Waals surface area contributed by atoms with Gasteiger partial charge in [0.2, 0.25) is 0 Å². The summed E-state index contributed by atoms with van der Waals surface area (Å²) in [7, 11) is -5.02. The SMILES string of the molecule is CCCCCCC/C=C\C/C=C\CCCCCCCCCCCCOCC(COP(=O)(O)OC1C(O)C(O)C(O)C(O)C1O)OC(=O)CCCCCCCCCCCCCCCCCCCCCC. The number of aliphatic hydroxyl groups excluding tert-OH is 5. The van der Waals surface area contributed by atoms with Gasteiger partial charge in [-0.1, -0.05) is 237 Å². The second-order valence-electron chi connectivity index (χ2n) is 20.1. The first-order valence-corrected chi connectivity index (χ1v) is 30.2. The fraction of sp³-hybridized carbons (Fsp3) is 0.911. The zero-order chi connectivity index (χ0) is 50.5. The van der Waals surface area contributed by atoms with Crippen LogP contribution in [0.4, 0.5) is 0 Å². The van der Waals surface area contributed by atoms with E-state index in [1.54, 1.807) is 0 Å². The maximum absolute atomic E-state index is 12.9. The van der Waals surface area contributed by atoms with Crippen LogP contribution in [0.1, 0.15) is 264 Å². The van der Waals surface area contributed by atoms with Gasteiger partial charge < -0.3 is 39.9 Å². The van der Waals surface area contributed by atoms with E-state index in [4.69, 9.17) is 18.5 Å². The molecule has 6 N–H and O–H groups in total. The number of carbonyl (C=O) groups is 1. The Hall–Kier alpha value is -1.18. The monoisotopic (exact) mass is 1000 g/mol. The maximum atomic E-state index is 12.9. The van der Waals surface area contributed by atoms with E-state index in [2.05, 4.69) is 38.2 Å². The van der Waals surface area contributed by atoms with Gasteiger partial charge in [-0.25, -0.2) is 4.57 Å². The number of rotatable bonds is 50. The lowest BCUT2D eigenvalue weighted by atomic mass is 9.85. The van der Waals surface area contributed by atoms with Crippen LogP contribution >= 0.6 is 7.82 Å². The first kappa shape index (κ1) is 65.8. The van der Waals surface area contributed by atoms with E-state index in [1.807, 2.05) is 0 Å². The zero-order valence-electron chi connectivity index (χ0n) is 44.1. The summed E-state index contributed by atoms with van der Waals surface area (Å²) in [6.07, 6.45) is 43.9. The smallest absolute Gasteiger partial charge is 0.457 e. The molecule has 0 spiro atoms. The van der Waals surface area contributed by atoms with E-state index >= 15 is 0 Å². The van der Waals surface area contributed by atoms with Crippen LogP contribution in [0.25, 0.3) is 0 Å². The van der Waals surface area contributed by atoms with Crippen LogP contribution in [0.3, 0.4) is 0 Å². The molecule has 0 aromatic carbocycles. The average molecular weight is 1000 g/mol. The summed E-state index contributed by atoms with van der Waals surface area (Å²) in [4.78, 5) is 23.3. The Balaban J connectivity index is 2.28. The minimum absolute atomic E-state index is 0.0740. The molecule has 6 atom stereocenters. The summed E-state index contributed by atoms with van der Waals surface area (Å²) in [5, 5.41) is 50.4. The Morgan fingerprint density at radius 2 is 0.812 bits per heavy atom. The Kier molecular flexibility index (Phi) is 44.5. The van der Waals surface area contributed by atoms with Gasteiger partial charge in [-0.15, -0.1) is 0 Å². The molecule has 12 nitrogen and oxygen atoms in total. The van der Waals surface area contributed by atoms with E-state index in [-0.39, 0.29) is 13.0 Å². The number of ether oxygens (including phenoxy) is 2. The Bertz CT molecular complexity index is 1240. The number of esters is 1. The molecular weight excluding hydrogens is 896 g/mol. The van der Waals surface area contributed by atoms with Crippen LogP contribution in [0.5, 0.6) is 0 Å². The zero-order valence-corrected chi connectivity index (χ0v) is 45.0. The van der Waals surface area contributed by atoms with Crippen molar-refractivity contribution in [2.24, 2.45) is 0 Å². The number of phosphoric ester groups is 1. The fourth-order valence-corrected chi connectivity index (χ4v) is 10.0. The molecule has 0 saturated heterocycles. The number of allylic oxidation sites excluding steroid dienone is 4. The van der Waals surface area contributed by atoms with Crippen molar-refractivity contribution in [1.82, 2.24) is 0 Å². The van der Waals surface area contributed by atoms with Crippen molar-refractivity contribution >= 4 is 13.8 Å². The molecule has 0 heterocycles. The normalized spacial score (nSPS) is 21.1. The van der Waals surface area contributed by atoms with Gasteiger partial charge in [0.05, 0.1) is 13.2 Å². The minimum atomic E-state index is -5.02. The molecule has 1 rings (SSSR count). The number of phosphoric acid groups is 1. The minimum Gasteiger partial charge on any atom is -0.457 e. The second kappa shape index (κ2) is 46.6. The Labute approximate surface area is 421 Å². The molecule has 0 bridgehead atoms. The van der Waals surface area contributed by atoms with Gasteiger partial charge in [0.1, 0.15) is 42.7 Å². The van der Waals surface area contributed by atoms with Crippen LogP contribution in [-0.4, -0.2) is 98.9 Å². The summed E-state index contributed by atoms with van der Waals surface area (Å²) in [5.74, 6) is -0.472. The van der Waals surface area contributed by atoms with Crippen LogP contribution in [-0.2, 0) is 27.9 Å². The molecule has 0 amide bonds. The van der Waals surface area contributed by atoms with Crippen LogP contribution in [0.2, 0.25) is 0 Å². The van der Waals surface area contributed by atoms with Gasteiger partial charge in [-0.3, -0.25) is 13.8 Å². The van der Waals surface area contributed by atoms with E-state index in [0.29, 0.717) is 13.0 Å². The molecule has 0 aliphatic heterocycles. The molecule has 408 valence electrons. The molecule has 1 aliphatic carbocycles. The largest absolute Gasteiger partial charge is 0.472 e. The lowest BCUT2D eigenvalue weighted by molar-refractivity contribution is -0.220. The molecule has 1 saturated carbocycles. The average Bonchev–Trinajstić information content (AvgIpc) is 3.34. The van der Waals surface area contributed by atoms with Crippen LogP contribution < -0.4 is 0 Å². The summed E-state index contributed by atoms with van der Waals surface area (Å²) in [5.41, 5.74) is 0. The third-order valence-electron chi connectivity index (χ3n) is 13.6. The van der Waals surface area contributed by atoms with E-state index < -0.39 is 63.1 Å². The van der Waals surface area contributed by atoms with Gasteiger partial charge in [0, 0.05) is 13.0 Å². The summed E-state index contributed by atoms with van der Waals surface area (Å²) >= 11 is 0. The standard InChI is InChI=1S/C56H107O12P/c1-3-5-7-9-11-13-15-17-19-21-23-25-26-28-30-32-34-36-38-40-42-44-46-65-47-49(48-66-69(63,64)68-56-54(61)52(59)51(58)53(60)55(56)62)67-50(57)45-43-41-39-37-35-33-31-29-27-24-22-20-18-16-14-12-10-8-6-4-2/h15,17,21,23,49,51-56,58-62H,3-14,16,18-20,22,24-48H2,1-2H3,(H,63,64)/b17-15-,23-21-. The molecule has 6 unspecified atom stereocenters. The van der Waals surface area contributed by atoms with Gasteiger partial charge in [-0.2, -0.15) is 0 Å². The third kappa shape index (κ3) is 38.1. The van der Waals surface area contributed by atoms with Gasteiger partial charge in [0.25, 0.3) is 0 Å². The summed E-state index contributed by atoms with van der Waals surface area (Å²) < 4.78 is 34.4. The van der Waals surface area contributed by atoms with Crippen molar-refractivity contribution in [3.8, 4) is 0 Å². The number of carbonyl (C=O) groups excluding carboxylic acids is 1. The van der Waals surface area contributed by atoms with Crippen molar-refractivity contribution in [1.29, 1.82) is 0 Å². The van der Waals surface area contributed by atoms with Crippen molar-refractivity contribution in [3.05, 3.63) is 24.3 Å². The van der Waals surface area contributed by atoms with E-state index in [1.165, 1.54) is 193 Å². The van der Waals surface area contributed by atoms with Crippen LogP contribution in [0.15, 0.2) is 24.3 Å². The first-order valence-electron chi connectivity index (χ1n) is 28.7. The third-order valence-corrected chi connectivity index (χ3v) is 14.6. The van der Waals surface area contributed by atoms with Gasteiger partial charge in [-0.05, 0) is 44.9 Å². The summed E-state index contributed by atoms with van der Waals surface area (Å²) in [6, 6.07) is 0. The lowest BCUT2D eigenvalue weighted by Crippen LogP contribution is -2.64. The molecule has 0 aromatic rings. The molecular formula is C56H107O12P. The highest BCUT2D eigenvalue weighted by Crippen LogP contribution is 2.47. The van der Waals surface area contributed by atoms with Gasteiger partial charge >= 0.3 is 13.8 Å². The van der Waals surface area contributed by atoms with E-state index in [0.717, 1.165) is 44.9 Å². The maximum Gasteiger partial charge on any atom is 0.472 e. The molecule has 0 aromatic heterocycles. The predicted molar refractivity (Wildman–Crippen MR) is 281 cm³/mol.